The third-order valence-electron chi connectivity index (χ3n) is 4.58. The van der Waals surface area contributed by atoms with Crippen LogP contribution in [-0.2, 0) is 0 Å². The van der Waals surface area contributed by atoms with Crippen LogP contribution in [0.15, 0.2) is 5.38 Å². The van der Waals surface area contributed by atoms with Gasteiger partial charge in [-0.2, -0.15) is 0 Å². The first-order valence-corrected chi connectivity index (χ1v) is 8.78. The molecule has 5 heteroatoms. The van der Waals surface area contributed by atoms with Crippen LogP contribution in [0.4, 0.5) is 5.13 Å². The van der Waals surface area contributed by atoms with Gasteiger partial charge in [0.2, 0.25) is 0 Å². The lowest BCUT2D eigenvalue weighted by molar-refractivity contribution is 0.249. The minimum atomic E-state index is 0.0488. The first-order valence-electron chi connectivity index (χ1n) is 7.90. The number of hydrogen-bond acceptors (Lipinski definition) is 5. The maximum absolute atomic E-state index is 5.89. The lowest BCUT2D eigenvalue weighted by Gasteiger charge is -2.33. The Morgan fingerprint density at radius 1 is 1.30 bits per heavy atom. The van der Waals surface area contributed by atoms with E-state index in [0.29, 0.717) is 0 Å². The van der Waals surface area contributed by atoms with Crippen LogP contribution in [0.25, 0.3) is 0 Å². The third kappa shape index (κ3) is 3.32. The molecule has 2 aliphatic heterocycles. The van der Waals surface area contributed by atoms with Crippen LogP contribution < -0.4 is 10.6 Å². The van der Waals surface area contributed by atoms with Crippen LogP contribution in [0.2, 0.25) is 0 Å². The van der Waals surface area contributed by atoms with E-state index in [9.17, 15) is 0 Å². The lowest BCUT2D eigenvalue weighted by atomic mass is 9.96. The number of rotatable bonds is 4. The average Bonchev–Trinajstić information content (AvgIpc) is 3.10. The Bertz CT molecular complexity index is 417. The maximum Gasteiger partial charge on any atom is 0.185 e. The van der Waals surface area contributed by atoms with Crippen molar-refractivity contribution < 1.29 is 0 Å². The molecule has 3 heterocycles. The molecule has 1 aromatic rings. The van der Waals surface area contributed by atoms with Gasteiger partial charge in [0, 0.05) is 31.1 Å². The average molecular weight is 294 g/mol. The summed E-state index contributed by atoms with van der Waals surface area (Å²) in [4.78, 5) is 9.76. The molecule has 0 spiro atoms. The Morgan fingerprint density at radius 2 is 2.00 bits per heavy atom. The van der Waals surface area contributed by atoms with Crippen molar-refractivity contribution in [3.63, 3.8) is 0 Å². The zero-order chi connectivity index (χ0) is 13.9. The summed E-state index contributed by atoms with van der Waals surface area (Å²) < 4.78 is 0. The Balaban J connectivity index is 1.49. The van der Waals surface area contributed by atoms with Gasteiger partial charge in [-0.3, -0.25) is 0 Å². The van der Waals surface area contributed by atoms with Crippen molar-refractivity contribution in [2.45, 2.75) is 38.6 Å². The predicted octanol–water partition coefficient (Wildman–Crippen LogP) is 2.48. The number of likely N-dealkylation sites (tertiary alicyclic amines) is 1. The maximum atomic E-state index is 5.89. The Labute approximate surface area is 126 Å². The number of thiazole rings is 1. The summed E-state index contributed by atoms with van der Waals surface area (Å²) in [5.41, 5.74) is 6.92. The molecule has 20 heavy (non-hydrogen) atoms. The zero-order valence-corrected chi connectivity index (χ0v) is 13.2. The van der Waals surface area contributed by atoms with Crippen LogP contribution in [0.1, 0.15) is 44.3 Å². The van der Waals surface area contributed by atoms with Crippen LogP contribution in [-0.4, -0.2) is 42.6 Å². The zero-order valence-electron chi connectivity index (χ0n) is 12.4. The molecule has 0 bridgehead atoms. The van der Waals surface area contributed by atoms with E-state index in [0.717, 1.165) is 29.8 Å². The number of aromatic nitrogens is 1. The third-order valence-corrected chi connectivity index (χ3v) is 5.50. The molecule has 0 aliphatic carbocycles. The molecule has 3 rings (SSSR count). The highest BCUT2D eigenvalue weighted by atomic mass is 32.1. The molecular weight excluding hydrogens is 268 g/mol. The number of nitrogens with zero attached hydrogens (tertiary/aromatic N) is 3. The molecule has 1 atom stereocenters. The van der Waals surface area contributed by atoms with E-state index in [1.165, 1.54) is 45.3 Å². The second-order valence-corrected chi connectivity index (χ2v) is 7.12. The minimum absolute atomic E-state index is 0.0488. The second kappa shape index (κ2) is 6.41. The van der Waals surface area contributed by atoms with E-state index < -0.39 is 0 Å². The van der Waals surface area contributed by atoms with E-state index in [2.05, 4.69) is 20.2 Å². The van der Waals surface area contributed by atoms with Crippen LogP contribution >= 0.6 is 11.3 Å². The first-order chi connectivity index (χ1) is 9.72. The number of anilines is 1. The molecule has 4 nitrogen and oxygen atoms in total. The molecule has 1 unspecified atom stereocenters. The molecule has 2 saturated heterocycles. The highest BCUT2D eigenvalue weighted by Crippen LogP contribution is 2.28. The van der Waals surface area contributed by atoms with Gasteiger partial charge in [0.05, 0.1) is 5.69 Å². The van der Waals surface area contributed by atoms with Crippen LogP contribution in [0, 0.1) is 5.92 Å². The monoisotopic (exact) mass is 294 g/mol. The Kier molecular flexibility index (Phi) is 4.58. The molecule has 1 aromatic heterocycles. The largest absolute Gasteiger partial charge is 0.348 e. The van der Waals surface area contributed by atoms with Gasteiger partial charge in [-0.25, -0.2) is 4.98 Å². The van der Waals surface area contributed by atoms with E-state index in [4.69, 9.17) is 5.73 Å². The smallest absolute Gasteiger partial charge is 0.185 e. The van der Waals surface area contributed by atoms with Gasteiger partial charge in [-0.1, -0.05) is 0 Å². The molecule has 2 N–H and O–H groups in total. The summed E-state index contributed by atoms with van der Waals surface area (Å²) in [7, 11) is 0. The second-order valence-electron chi connectivity index (χ2n) is 6.28. The molecule has 0 radical (unpaired) electrons. The van der Waals surface area contributed by atoms with Crippen molar-refractivity contribution in [1.29, 1.82) is 0 Å². The SMILES string of the molecule is CC(N)c1csc(N2CCC(CN3CCCC3)CC2)n1. The van der Waals surface area contributed by atoms with Gasteiger partial charge >= 0.3 is 0 Å². The van der Waals surface area contributed by atoms with Gasteiger partial charge in [0.1, 0.15) is 0 Å². The fraction of sp³-hybridized carbons (Fsp3) is 0.800. The van der Waals surface area contributed by atoms with Gasteiger partial charge < -0.3 is 15.5 Å². The van der Waals surface area contributed by atoms with Crippen molar-refractivity contribution in [3.05, 3.63) is 11.1 Å². The highest BCUT2D eigenvalue weighted by molar-refractivity contribution is 7.13. The number of nitrogens with two attached hydrogens (primary N) is 1. The standard InChI is InChI=1S/C15H26N4S/c1-12(16)14-11-20-15(17-14)19-8-4-13(5-9-19)10-18-6-2-3-7-18/h11-13H,2-10,16H2,1H3. The first kappa shape index (κ1) is 14.3. The summed E-state index contributed by atoms with van der Waals surface area (Å²) in [5, 5.41) is 3.27. The van der Waals surface area contributed by atoms with Crippen LogP contribution in [0.3, 0.4) is 0 Å². The predicted molar refractivity (Wildman–Crippen MR) is 85.3 cm³/mol. The quantitative estimate of drug-likeness (QED) is 0.926. The lowest BCUT2D eigenvalue weighted by Crippen LogP contribution is -2.38. The minimum Gasteiger partial charge on any atom is -0.348 e. The van der Waals surface area contributed by atoms with E-state index >= 15 is 0 Å². The highest BCUT2D eigenvalue weighted by Gasteiger charge is 2.24. The fourth-order valence-electron chi connectivity index (χ4n) is 3.27. The molecule has 0 aromatic carbocycles. The van der Waals surface area contributed by atoms with E-state index in [1.54, 1.807) is 11.3 Å². The number of hydrogen-bond donors (Lipinski definition) is 1. The molecule has 0 amide bonds. The summed E-state index contributed by atoms with van der Waals surface area (Å²) in [5.74, 6) is 0.886. The summed E-state index contributed by atoms with van der Waals surface area (Å²) >= 11 is 1.74. The Hall–Kier alpha value is -0.650. The molecule has 2 aliphatic rings. The summed E-state index contributed by atoms with van der Waals surface area (Å²) in [6.45, 7) is 8.28. The Morgan fingerprint density at radius 3 is 2.60 bits per heavy atom. The molecule has 0 saturated carbocycles. The summed E-state index contributed by atoms with van der Waals surface area (Å²) in [6.07, 6.45) is 5.42. The molecule has 112 valence electrons. The van der Waals surface area contributed by atoms with Gasteiger partial charge in [-0.15, -0.1) is 11.3 Å². The summed E-state index contributed by atoms with van der Waals surface area (Å²) in [6, 6.07) is 0.0488. The van der Waals surface area contributed by atoms with E-state index in [1.807, 2.05) is 6.92 Å². The van der Waals surface area contributed by atoms with Crippen molar-refractivity contribution in [3.8, 4) is 0 Å². The van der Waals surface area contributed by atoms with E-state index in [-0.39, 0.29) is 6.04 Å². The van der Waals surface area contributed by atoms with Crippen molar-refractivity contribution in [2.75, 3.05) is 37.6 Å². The topological polar surface area (TPSA) is 45.4 Å². The van der Waals surface area contributed by atoms with Crippen LogP contribution in [0.5, 0.6) is 0 Å². The van der Waals surface area contributed by atoms with Crippen molar-refractivity contribution in [1.82, 2.24) is 9.88 Å². The van der Waals surface area contributed by atoms with Crippen molar-refractivity contribution in [2.24, 2.45) is 11.7 Å². The number of piperidine rings is 1. The van der Waals surface area contributed by atoms with Crippen molar-refractivity contribution >= 4 is 16.5 Å². The van der Waals surface area contributed by atoms with Gasteiger partial charge in [0.25, 0.3) is 0 Å². The fourth-order valence-corrected chi connectivity index (χ4v) is 4.25. The van der Waals surface area contributed by atoms with Gasteiger partial charge in [0.15, 0.2) is 5.13 Å². The van der Waals surface area contributed by atoms with Gasteiger partial charge in [-0.05, 0) is 51.6 Å². The normalized spacial score (nSPS) is 23.4. The molecular formula is C15H26N4S. The molecule has 2 fully saturated rings.